The van der Waals surface area contributed by atoms with Gasteiger partial charge in [-0.2, -0.15) is 0 Å². The highest BCUT2D eigenvalue weighted by atomic mass is 16.3. The van der Waals surface area contributed by atoms with Crippen LogP contribution in [0.5, 0.6) is 0 Å². The third-order valence-corrected chi connectivity index (χ3v) is 3.95. The van der Waals surface area contributed by atoms with Gasteiger partial charge in [0.2, 0.25) is 0 Å². The number of allylic oxidation sites excluding steroid dienone is 1. The largest absolute Gasteiger partial charge is 0.872 e. The van der Waals surface area contributed by atoms with Gasteiger partial charge in [-0.3, -0.25) is 9.59 Å². The zero-order valence-corrected chi connectivity index (χ0v) is 12.2. The van der Waals surface area contributed by atoms with Gasteiger partial charge in [0.1, 0.15) is 5.78 Å². The van der Waals surface area contributed by atoms with E-state index in [0.717, 1.165) is 5.56 Å². The van der Waals surface area contributed by atoms with E-state index < -0.39 is 5.92 Å². The van der Waals surface area contributed by atoms with Crippen LogP contribution in [-0.4, -0.2) is 11.6 Å². The number of benzene rings is 2. The maximum Gasteiger partial charge on any atom is 0.189 e. The fraction of sp³-hybridized carbons (Fsp3) is 0.158. The SMILES string of the molecule is CC(=O)CC(C1=C([O-])c2ccccc2C1=O)c1ccccc1. The van der Waals surface area contributed by atoms with Crippen molar-refractivity contribution >= 4 is 17.3 Å². The predicted octanol–water partition coefficient (Wildman–Crippen LogP) is 2.72. The molecule has 3 nitrogen and oxygen atoms in total. The van der Waals surface area contributed by atoms with Crippen LogP contribution in [0.25, 0.3) is 5.76 Å². The summed E-state index contributed by atoms with van der Waals surface area (Å²) >= 11 is 0. The smallest absolute Gasteiger partial charge is 0.189 e. The molecule has 2 aromatic carbocycles. The number of hydrogen-bond acceptors (Lipinski definition) is 3. The number of carbonyl (C=O) groups is 2. The van der Waals surface area contributed by atoms with Crippen molar-refractivity contribution in [3.63, 3.8) is 0 Å². The molecular formula is C19H15O3-. The van der Waals surface area contributed by atoms with Crippen LogP contribution >= 0.6 is 0 Å². The average molecular weight is 291 g/mol. The highest BCUT2D eigenvalue weighted by Crippen LogP contribution is 2.39. The summed E-state index contributed by atoms with van der Waals surface area (Å²) in [7, 11) is 0. The van der Waals surface area contributed by atoms with Crippen molar-refractivity contribution < 1.29 is 14.7 Å². The van der Waals surface area contributed by atoms with Crippen molar-refractivity contribution in [1.82, 2.24) is 0 Å². The van der Waals surface area contributed by atoms with Gasteiger partial charge in [-0.05, 0) is 18.1 Å². The van der Waals surface area contributed by atoms with E-state index in [1.165, 1.54) is 6.92 Å². The molecule has 1 aliphatic carbocycles. The summed E-state index contributed by atoms with van der Waals surface area (Å²) in [5.74, 6) is -1.03. The maximum absolute atomic E-state index is 12.6. The van der Waals surface area contributed by atoms with Gasteiger partial charge >= 0.3 is 0 Å². The number of rotatable bonds is 4. The standard InChI is InChI=1S/C19H16O3/c1-12(20)11-16(13-7-3-2-4-8-13)17-18(21)14-9-5-6-10-15(14)19(17)22/h2-10,16,21H,11H2,1H3/p-1. The molecule has 0 radical (unpaired) electrons. The lowest BCUT2D eigenvalue weighted by atomic mass is 9.85. The number of hydrogen-bond donors (Lipinski definition) is 0. The summed E-state index contributed by atoms with van der Waals surface area (Å²) in [6.07, 6.45) is 0.158. The van der Waals surface area contributed by atoms with Crippen LogP contribution < -0.4 is 5.11 Å². The van der Waals surface area contributed by atoms with E-state index in [9.17, 15) is 14.7 Å². The molecule has 1 atom stereocenters. The summed E-state index contributed by atoms with van der Waals surface area (Å²) in [5.41, 5.74) is 1.91. The molecule has 0 saturated heterocycles. The Morgan fingerprint density at radius 1 is 1.00 bits per heavy atom. The van der Waals surface area contributed by atoms with Crippen LogP contribution in [0, 0.1) is 0 Å². The zero-order chi connectivity index (χ0) is 15.7. The predicted molar refractivity (Wildman–Crippen MR) is 82.2 cm³/mol. The molecule has 1 unspecified atom stereocenters. The number of ketones is 2. The molecule has 0 bridgehead atoms. The van der Waals surface area contributed by atoms with E-state index in [4.69, 9.17) is 0 Å². The van der Waals surface area contributed by atoms with Crippen molar-refractivity contribution in [2.24, 2.45) is 0 Å². The fourth-order valence-electron chi connectivity index (χ4n) is 2.95. The van der Waals surface area contributed by atoms with E-state index in [1.54, 1.807) is 24.3 Å². The monoisotopic (exact) mass is 291 g/mol. The Bertz CT molecular complexity index is 772. The van der Waals surface area contributed by atoms with E-state index in [2.05, 4.69) is 0 Å². The number of carbonyl (C=O) groups excluding carboxylic acids is 2. The van der Waals surface area contributed by atoms with Gasteiger partial charge < -0.3 is 5.11 Å². The van der Waals surface area contributed by atoms with Gasteiger partial charge in [0.15, 0.2) is 5.78 Å². The van der Waals surface area contributed by atoms with Crippen LogP contribution in [0.4, 0.5) is 0 Å². The third-order valence-electron chi connectivity index (χ3n) is 3.95. The Morgan fingerprint density at radius 2 is 1.59 bits per heavy atom. The van der Waals surface area contributed by atoms with Gasteiger partial charge in [0.05, 0.1) is 0 Å². The Labute approximate surface area is 128 Å². The normalized spacial score (nSPS) is 14.9. The fourth-order valence-corrected chi connectivity index (χ4v) is 2.95. The minimum Gasteiger partial charge on any atom is -0.872 e. The molecule has 1 aliphatic rings. The van der Waals surface area contributed by atoms with Crippen LogP contribution in [0.15, 0.2) is 60.2 Å². The molecule has 0 aliphatic heterocycles. The topological polar surface area (TPSA) is 57.2 Å². The molecule has 0 heterocycles. The van der Waals surface area contributed by atoms with E-state index in [1.807, 2.05) is 30.3 Å². The van der Waals surface area contributed by atoms with Crippen LogP contribution in [-0.2, 0) is 4.79 Å². The average Bonchev–Trinajstić information content (AvgIpc) is 2.78. The minimum atomic E-state index is -0.480. The molecule has 0 saturated carbocycles. The summed E-state index contributed by atoms with van der Waals surface area (Å²) in [4.78, 5) is 24.3. The first-order valence-corrected chi connectivity index (χ1v) is 7.19. The van der Waals surface area contributed by atoms with E-state index in [-0.39, 0.29) is 29.3 Å². The van der Waals surface area contributed by atoms with Crippen molar-refractivity contribution in [2.75, 3.05) is 0 Å². The van der Waals surface area contributed by atoms with Gasteiger partial charge in [-0.1, -0.05) is 60.4 Å². The van der Waals surface area contributed by atoms with Gasteiger partial charge in [0, 0.05) is 23.5 Å². The van der Waals surface area contributed by atoms with Crippen LogP contribution in [0.1, 0.15) is 40.7 Å². The first-order chi connectivity index (χ1) is 10.6. The Kier molecular flexibility index (Phi) is 3.63. The zero-order valence-electron chi connectivity index (χ0n) is 12.2. The summed E-state index contributed by atoms with van der Waals surface area (Å²) in [6, 6.07) is 16.1. The minimum absolute atomic E-state index is 0.0436. The first kappa shape index (κ1) is 14.3. The molecule has 0 spiro atoms. The lowest BCUT2D eigenvalue weighted by Gasteiger charge is -2.21. The number of fused-ring (bicyclic) bond motifs is 1. The molecule has 0 amide bonds. The Morgan fingerprint density at radius 3 is 2.18 bits per heavy atom. The Balaban J connectivity index is 2.12. The highest BCUT2D eigenvalue weighted by Gasteiger charge is 2.31. The number of Topliss-reactive ketones (excluding diaryl/α,β-unsaturated/α-hetero) is 2. The molecular weight excluding hydrogens is 276 g/mol. The lowest BCUT2D eigenvalue weighted by Crippen LogP contribution is -2.15. The highest BCUT2D eigenvalue weighted by molar-refractivity contribution is 6.20. The second-order valence-electron chi connectivity index (χ2n) is 5.49. The second kappa shape index (κ2) is 5.60. The summed E-state index contributed by atoms with van der Waals surface area (Å²) < 4.78 is 0. The molecule has 22 heavy (non-hydrogen) atoms. The molecule has 3 rings (SSSR count). The lowest BCUT2D eigenvalue weighted by molar-refractivity contribution is -0.244. The third kappa shape index (κ3) is 2.35. The van der Waals surface area contributed by atoms with Gasteiger partial charge in [0.25, 0.3) is 0 Å². The molecule has 0 fully saturated rings. The summed E-state index contributed by atoms with van der Waals surface area (Å²) in [6.45, 7) is 1.48. The second-order valence-corrected chi connectivity index (χ2v) is 5.49. The Hall–Kier alpha value is -2.68. The van der Waals surface area contributed by atoms with Crippen molar-refractivity contribution in [3.05, 3.63) is 76.9 Å². The molecule has 0 aromatic heterocycles. The molecule has 110 valence electrons. The van der Waals surface area contributed by atoms with E-state index in [0.29, 0.717) is 11.1 Å². The summed E-state index contributed by atoms with van der Waals surface area (Å²) in [5, 5.41) is 12.6. The van der Waals surface area contributed by atoms with Crippen molar-refractivity contribution in [2.45, 2.75) is 19.3 Å². The molecule has 2 aromatic rings. The van der Waals surface area contributed by atoms with Crippen LogP contribution in [0.2, 0.25) is 0 Å². The van der Waals surface area contributed by atoms with E-state index >= 15 is 0 Å². The first-order valence-electron chi connectivity index (χ1n) is 7.19. The van der Waals surface area contributed by atoms with Crippen molar-refractivity contribution in [3.8, 4) is 0 Å². The molecule has 3 heteroatoms. The quantitative estimate of drug-likeness (QED) is 0.870. The molecule has 0 N–H and O–H groups in total. The van der Waals surface area contributed by atoms with Crippen LogP contribution in [0.3, 0.4) is 0 Å². The maximum atomic E-state index is 12.6. The van der Waals surface area contributed by atoms with Gasteiger partial charge in [-0.15, -0.1) is 0 Å². The van der Waals surface area contributed by atoms with Crippen molar-refractivity contribution in [1.29, 1.82) is 0 Å². The van der Waals surface area contributed by atoms with Gasteiger partial charge in [-0.25, -0.2) is 0 Å².